The third-order valence-corrected chi connectivity index (χ3v) is 4.26. The van der Waals surface area contributed by atoms with Gasteiger partial charge in [0.15, 0.2) is 0 Å². The van der Waals surface area contributed by atoms with Gasteiger partial charge in [0.25, 0.3) is 5.91 Å². The summed E-state index contributed by atoms with van der Waals surface area (Å²) in [5.41, 5.74) is 3.73. The molecule has 1 N–H and O–H groups in total. The summed E-state index contributed by atoms with van der Waals surface area (Å²) in [6.45, 7) is 0. The molecule has 3 aromatic rings. The highest BCUT2D eigenvalue weighted by atomic mass is 79.9. The molecule has 0 fully saturated rings. The van der Waals surface area contributed by atoms with Gasteiger partial charge in [0.2, 0.25) is 0 Å². The maximum absolute atomic E-state index is 12.3. The number of hydrogen-bond acceptors (Lipinski definition) is 4. The number of carbonyl (C=O) groups excluding carboxylic acids is 1. The lowest BCUT2D eigenvalue weighted by molar-refractivity contribution is 0.0952. The van der Waals surface area contributed by atoms with E-state index in [4.69, 9.17) is 20.8 Å². The number of amides is 1. The molecular formula is C19H14BrClN2O3. The Hall–Kier alpha value is -2.57. The highest BCUT2D eigenvalue weighted by Gasteiger charge is 2.12. The van der Waals surface area contributed by atoms with Gasteiger partial charge >= 0.3 is 0 Å². The van der Waals surface area contributed by atoms with Crippen molar-refractivity contribution in [3.05, 3.63) is 75.4 Å². The van der Waals surface area contributed by atoms with E-state index in [9.17, 15) is 4.79 Å². The Labute approximate surface area is 163 Å². The van der Waals surface area contributed by atoms with Crippen molar-refractivity contribution in [2.24, 2.45) is 5.10 Å². The molecule has 2 aromatic carbocycles. The summed E-state index contributed by atoms with van der Waals surface area (Å²) in [7, 11) is 1.50. The maximum atomic E-state index is 12.3. The summed E-state index contributed by atoms with van der Waals surface area (Å²) < 4.78 is 11.6. The third-order valence-electron chi connectivity index (χ3n) is 3.52. The Kier molecular flexibility index (Phi) is 5.75. The van der Waals surface area contributed by atoms with E-state index in [1.54, 1.807) is 36.4 Å². The number of hydrogen-bond donors (Lipinski definition) is 1. The second-order valence-corrected chi connectivity index (χ2v) is 6.60. The van der Waals surface area contributed by atoms with Crippen LogP contribution in [0.5, 0.6) is 5.75 Å². The van der Waals surface area contributed by atoms with Crippen molar-refractivity contribution in [2.45, 2.75) is 0 Å². The summed E-state index contributed by atoms with van der Waals surface area (Å²) in [5, 5.41) is 4.59. The second kappa shape index (κ2) is 8.21. The summed E-state index contributed by atoms with van der Waals surface area (Å²) >= 11 is 9.21. The Morgan fingerprint density at radius 1 is 1.19 bits per heavy atom. The molecule has 0 radical (unpaired) electrons. The number of carbonyl (C=O) groups is 1. The molecule has 3 rings (SSSR count). The van der Waals surface area contributed by atoms with E-state index in [-0.39, 0.29) is 5.91 Å². The molecule has 7 heteroatoms. The van der Waals surface area contributed by atoms with Crippen LogP contribution in [0.25, 0.3) is 11.3 Å². The van der Waals surface area contributed by atoms with Crippen LogP contribution in [0.3, 0.4) is 0 Å². The molecule has 0 spiro atoms. The van der Waals surface area contributed by atoms with Crippen LogP contribution >= 0.6 is 27.5 Å². The topological polar surface area (TPSA) is 63.8 Å². The molecule has 132 valence electrons. The Morgan fingerprint density at radius 2 is 1.96 bits per heavy atom. The van der Waals surface area contributed by atoms with Crippen LogP contribution in [0.15, 0.2) is 68.6 Å². The Morgan fingerprint density at radius 3 is 2.69 bits per heavy atom. The van der Waals surface area contributed by atoms with Crippen LogP contribution in [-0.4, -0.2) is 19.2 Å². The molecule has 1 heterocycles. The molecule has 0 aliphatic rings. The van der Waals surface area contributed by atoms with Gasteiger partial charge in [-0.15, -0.1) is 0 Å². The summed E-state index contributed by atoms with van der Waals surface area (Å²) in [6.07, 6.45) is 1.43. The SMILES string of the molecule is COc1ccc(Br)cc1C(=O)N/N=C\c1ccc(-c2ccc(Cl)cc2)o1. The number of nitrogens with zero attached hydrogens (tertiary/aromatic N) is 1. The number of nitrogens with one attached hydrogen (secondary N) is 1. The van der Waals surface area contributed by atoms with Crippen LogP contribution in [0, 0.1) is 0 Å². The highest BCUT2D eigenvalue weighted by Crippen LogP contribution is 2.24. The molecule has 0 unspecified atom stereocenters. The summed E-state index contributed by atoms with van der Waals surface area (Å²) in [6, 6.07) is 16.1. The van der Waals surface area contributed by atoms with Crippen molar-refractivity contribution < 1.29 is 13.9 Å². The molecule has 0 aliphatic carbocycles. The average molecular weight is 434 g/mol. The minimum atomic E-state index is -0.385. The first-order valence-electron chi connectivity index (χ1n) is 7.59. The fraction of sp³-hybridized carbons (Fsp3) is 0.0526. The lowest BCUT2D eigenvalue weighted by atomic mass is 10.2. The molecule has 0 atom stereocenters. The van der Waals surface area contributed by atoms with Crippen molar-refractivity contribution in [2.75, 3.05) is 7.11 Å². The van der Waals surface area contributed by atoms with E-state index in [0.29, 0.717) is 27.9 Å². The first-order chi connectivity index (χ1) is 12.6. The van der Waals surface area contributed by atoms with Gasteiger partial charge in [-0.2, -0.15) is 5.10 Å². The molecule has 0 saturated carbocycles. The van der Waals surface area contributed by atoms with Crippen molar-refractivity contribution in [3.63, 3.8) is 0 Å². The number of ether oxygens (including phenoxy) is 1. The van der Waals surface area contributed by atoms with Gasteiger partial charge in [-0.3, -0.25) is 4.79 Å². The first kappa shape index (κ1) is 18.2. The zero-order valence-corrected chi connectivity index (χ0v) is 16.0. The number of hydrazone groups is 1. The number of methoxy groups -OCH3 is 1. The van der Waals surface area contributed by atoms with E-state index >= 15 is 0 Å². The number of halogens is 2. The predicted octanol–water partition coefficient (Wildman–Crippen LogP) is 5.14. The molecular weight excluding hydrogens is 420 g/mol. The minimum absolute atomic E-state index is 0.375. The van der Waals surface area contributed by atoms with Gasteiger partial charge in [0.1, 0.15) is 17.3 Å². The van der Waals surface area contributed by atoms with Gasteiger partial charge in [-0.25, -0.2) is 5.43 Å². The minimum Gasteiger partial charge on any atom is -0.496 e. The van der Waals surface area contributed by atoms with Crippen LogP contribution in [0.2, 0.25) is 5.02 Å². The summed E-state index contributed by atoms with van der Waals surface area (Å²) in [5.74, 6) is 1.27. The van der Waals surface area contributed by atoms with Crippen LogP contribution in [0.4, 0.5) is 0 Å². The quantitative estimate of drug-likeness (QED) is 0.448. The van der Waals surface area contributed by atoms with Crippen LogP contribution in [-0.2, 0) is 0 Å². The summed E-state index contributed by atoms with van der Waals surface area (Å²) in [4.78, 5) is 12.3. The highest BCUT2D eigenvalue weighted by molar-refractivity contribution is 9.10. The van der Waals surface area contributed by atoms with Crippen molar-refractivity contribution >= 4 is 39.7 Å². The number of benzene rings is 2. The fourth-order valence-electron chi connectivity index (χ4n) is 2.26. The number of furan rings is 1. The lowest BCUT2D eigenvalue weighted by Gasteiger charge is -2.07. The van der Waals surface area contributed by atoms with Crippen molar-refractivity contribution in [1.82, 2.24) is 5.43 Å². The lowest BCUT2D eigenvalue weighted by Crippen LogP contribution is -2.18. The standard InChI is InChI=1S/C19H14BrClN2O3/c1-25-18-8-4-13(20)10-16(18)19(24)23-22-11-15-7-9-17(26-15)12-2-5-14(21)6-3-12/h2-11H,1H3,(H,23,24)/b22-11-. The van der Waals surface area contributed by atoms with Crippen LogP contribution in [0.1, 0.15) is 16.1 Å². The normalized spacial score (nSPS) is 10.9. The fourth-order valence-corrected chi connectivity index (χ4v) is 2.75. The zero-order valence-electron chi connectivity index (χ0n) is 13.7. The van der Waals surface area contributed by atoms with Gasteiger partial charge in [0.05, 0.1) is 18.9 Å². The first-order valence-corrected chi connectivity index (χ1v) is 8.76. The van der Waals surface area contributed by atoms with E-state index in [1.165, 1.54) is 13.3 Å². The van der Waals surface area contributed by atoms with Crippen molar-refractivity contribution in [3.8, 4) is 17.1 Å². The maximum Gasteiger partial charge on any atom is 0.275 e. The second-order valence-electron chi connectivity index (χ2n) is 5.25. The smallest absolute Gasteiger partial charge is 0.275 e. The molecule has 1 aromatic heterocycles. The number of rotatable bonds is 5. The average Bonchev–Trinajstić information content (AvgIpc) is 3.11. The predicted molar refractivity (Wildman–Crippen MR) is 105 cm³/mol. The van der Waals surface area contributed by atoms with E-state index in [0.717, 1.165) is 10.0 Å². The van der Waals surface area contributed by atoms with Gasteiger partial charge in [0, 0.05) is 15.1 Å². The van der Waals surface area contributed by atoms with Gasteiger partial charge in [-0.1, -0.05) is 27.5 Å². The molecule has 0 saturated heterocycles. The largest absolute Gasteiger partial charge is 0.496 e. The van der Waals surface area contributed by atoms with E-state index < -0.39 is 0 Å². The van der Waals surface area contributed by atoms with Crippen LogP contribution < -0.4 is 10.2 Å². The Balaban J connectivity index is 1.68. The molecule has 26 heavy (non-hydrogen) atoms. The van der Waals surface area contributed by atoms with E-state index in [2.05, 4.69) is 26.5 Å². The third kappa shape index (κ3) is 4.33. The Bertz CT molecular complexity index is 952. The van der Waals surface area contributed by atoms with E-state index in [1.807, 2.05) is 18.2 Å². The zero-order chi connectivity index (χ0) is 18.5. The monoisotopic (exact) mass is 432 g/mol. The van der Waals surface area contributed by atoms with Gasteiger partial charge < -0.3 is 9.15 Å². The molecule has 0 bridgehead atoms. The molecule has 1 amide bonds. The van der Waals surface area contributed by atoms with Gasteiger partial charge in [-0.05, 0) is 54.6 Å². The molecule has 5 nitrogen and oxygen atoms in total. The van der Waals surface area contributed by atoms with Crippen molar-refractivity contribution in [1.29, 1.82) is 0 Å². The molecule has 0 aliphatic heterocycles.